The Bertz CT molecular complexity index is 973. The molecule has 0 radical (unpaired) electrons. The van der Waals surface area contributed by atoms with Crippen molar-refractivity contribution in [3.63, 3.8) is 0 Å². The lowest BCUT2D eigenvalue weighted by molar-refractivity contribution is 0.112. The maximum Gasteiger partial charge on any atom is 0.268 e. The summed E-state index contributed by atoms with van der Waals surface area (Å²) in [7, 11) is -3.79. The molecular weight excluding hydrogens is 322 g/mol. The number of carbonyl (C=O) groups is 1. The van der Waals surface area contributed by atoms with E-state index in [0.29, 0.717) is 22.2 Å². The van der Waals surface area contributed by atoms with Crippen LogP contribution < -0.4 is 0 Å². The van der Waals surface area contributed by atoms with Crippen LogP contribution in [0, 0.1) is 6.92 Å². The third kappa shape index (κ3) is 2.23. The van der Waals surface area contributed by atoms with E-state index in [0.717, 1.165) is 9.54 Å². The summed E-state index contributed by atoms with van der Waals surface area (Å²) < 4.78 is 26.7. The van der Waals surface area contributed by atoms with E-state index < -0.39 is 10.0 Å². The lowest BCUT2D eigenvalue weighted by Gasteiger charge is -2.08. The van der Waals surface area contributed by atoms with Crippen LogP contribution in [-0.2, 0) is 10.0 Å². The number of fused-ring (bicyclic) bond motifs is 1. The number of hydrogen-bond donors (Lipinski definition) is 0. The summed E-state index contributed by atoms with van der Waals surface area (Å²) in [4.78, 5) is 11.4. The number of hydrogen-bond acceptors (Lipinski definition) is 3. The van der Waals surface area contributed by atoms with Gasteiger partial charge in [0.2, 0.25) is 0 Å². The van der Waals surface area contributed by atoms with Gasteiger partial charge in [0.15, 0.2) is 6.29 Å². The van der Waals surface area contributed by atoms with Crippen molar-refractivity contribution in [2.24, 2.45) is 0 Å². The Kier molecular flexibility index (Phi) is 3.54. The maximum absolute atomic E-state index is 12.8. The molecule has 0 N–H and O–H groups in total. The summed E-state index contributed by atoms with van der Waals surface area (Å²) in [5.74, 6) is 0. The fraction of sp³-hybridized carbons (Fsp3) is 0.0625. The van der Waals surface area contributed by atoms with Gasteiger partial charge < -0.3 is 0 Å². The quantitative estimate of drug-likeness (QED) is 0.687. The van der Waals surface area contributed by atoms with Crippen LogP contribution in [0.4, 0.5) is 0 Å². The number of aromatic nitrogens is 1. The summed E-state index contributed by atoms with van der Waals surface area (Å²) >= 11 is 6.10. The van der Waals surface area contributed by atoms with E-state index >= 15 is 0 Å². The van der Waals surface area contributed by atoms with E-state index in [2.05, 4.69) is 0 Å². The van der Waals surface area contributed by atoms with E-state index in [1.54, 1.807) is 42.5 Å². The normalized spacial score (nSPS) is 11.7. The fourth-order valence-electron chi connectivity index (χ4n) is 2.35. The summed E-state index contributed by atoms with van der Waals surface area (Å²) in [5, 5.41) is 0.785. The van der Waals surface area contributed by atoms with Crippen molar-refractivity contribution < 1.29 is 13.2 Å². The summed E-state index contributed by atoms with van der Waals surface area (Å²) in [6, 6.07) is 11.4. The maximum atomic E-state index is 12.8. The van der Waals surface area contributed by atoms with Crippen LogP contribution in [-0.4, -0.2) is 18.7 Å². The zero-order valence-corrected chi connectivity index (χ0v) is 13.2. The van der Waals surface area contributed by atoms with Crippen molar-refractivity contribution in [2.45, 2.75) is 11.8 Å². The van der Waals surface area contributed by atoms with E-state index in [-0.39, 0.29) is 10.5 Å². The Morgan fingerprint density at radius 3 is 2.41 bits per heavy atom. The van der Waals surface area contributed by atoms with Gasteiger partial charge in [-0.15, -0.1) is 0 Å². The Labute approximate surface area is 133 Å². The molecule has 0 aliphatic heterocycles. The van der Waals surface area contributed by atoms with Gasteiger partial charge in [0.05, 0.1) is 15.4 Å². The number of rotatable bonds is 3. The smallest absolute Gasteiger partial charge is 0.268 e. The summed E-state index contributed by atoms with van der Waals surface area (Å²) in [6.07, 6.45) is 1.91. The molecule has 6 heteroatoms. The molecule has 0 bridgehead atoms. The number of carbonyl (C=O) groups excluding carboxylic acids is 1. The Morgan fingerprint density at radius 1 is 1.09 bits per heavy atom. The Hall–Kier alpha value is -2.11. The van der Waals surface area contributed by atoms with E-state index in [4.69, 9.17) is 11.6 Å². The van der Waals surface area contributed by atoms with Crippen LogP contribution in [0.15, 0.2) is 53.6 Å². The van der Waals surface area contributed by atoms with Gasteiger partial charge in [-0.2, -0.15) is 0 Å². The van der Waals surface area contributed by atoms with Crippen molar-refractivity contribution in [2.75, 3.05) is 0 Å². The predicted molar refractivity (Wildman–Crippen MR) is 86.1 cm³/mol. The SMILES string of the molecule is Cc1ccc(S(=O)(=O)n2cc(C=O)c3c(Cl)cccc32)cc1. The predicted octanol–water partition coefficient (Wildman–Crippen LogP) is 3.65. The largest absolute Gasteiger partial charge is 0.298 e. The molecule has 0 saturated heterocycles. The van der Waals surface area contributed by atoms with Gasteiger partial charge in [0, 0.05) is 17.1 Å². The number of aldehydes is 1. The van der Waals surface area contributed by atoms with Crippen LogP contribution in [0.1, 0.15) is 15.9 Å². The fourth-order valence-corrected chi connectivity index (χ4v) is 4.00. The monoisotopic (exact) mass is 333 g/mol. The molecule has 0 spiro atoms. The van der Waals surface area contributed by atoms with Gasteiger partial charge in [-0.05, 0) is 31.2 Å². The molecule has 0 unspecified atom stereocenters. The van der Waals surface area contributed by atoms with Gasteiger partial charge in [-0.3, -0.25) is 4.79 Å². The third-order valence-electron chi connectivity index (χ3n) is 3.48. The number of halogens is 1. The zero-order valence-electron chi connectivity index (χ0n) is 11.7. The molecule has 2 aromatic carbocycles. The second kappa shape index (κ2) is 5.26. The third-order valence-corrected chi connectivity index (χ3v) is 5.48. The number of nitrogens with zero attached hydrogens (tertiary/aromatic N) is 1. The molecule has 0 aliphatic rings. The molecule has 22 heavy (non-hydrogen) atoms. The molecule has 0 amide bonds. The number of benzene rings is 2. The highest BCUT2D eigenvalue weighted by Gasteiger charge is 2.22. The van der Waals surface area contributed by atoms with E-state index in [9.17, 15) is 13.2 Å². The Morgan fingerprint density at radius 2 is 1.77 bits per heavy atom. The first kappa shape index (κ1) is 14.8. The van der Waals surface area contributed by atoms with Gasteiger partial charge in [0.1, 0.15) is 0 Å². The van der Waals surface area contributed by atoms with Gasteiger partial charge in [-0.25, -0.2) is 12.4 Å². The molecule has 0 aliphatic carbocycles. The van der Waals surface area contributed by atoms with Gasteiger partial charge in [0.25, 0.3) is 10.0 Å². The molecule has 4 nitrogen and oxygen atoms in total. The van der Waals surface area contributed by atoms with Crippen molar-refractivity contribution in [1.29, 1.82) is 0 Å². The minimum absolute atomic E-state index is 0.160. The first-order valence-electron chi connectivity index (χ1n) is 6.52. The molecule has 0 saturated carbocycles. The zero-order chi connectivity index (χ0) is 15.9. The van der Waals surface area contributed by atoms with E-state index in [1.807, 2.05) is 6.92 Å². The van der Waals surface area contributed by atoms with Crippen LogP contribution in [0.25, 0.3) is 10.9 Å². The average molecular weight is 334 g/mol. The highest BCUT2D eigenvalue weighted by molar-refractivity contribution is 7.90. The van der Waals surface area contributed by atoms with Gasteiger partial charge in [-0.1, -0.05) is 35.4 Å². The molecule has 3 rings (SSSR count). The molecular formula is C16H12ClNO3S. The molecule has 0 atom stereocenters. The Balaban J connectivity index is 2.32. The number of aryl methyl sites for hydroxylation is 1. The van der Waals surface area contributed by atoms with E-state index in [1.165, 1.54) is 6.20 Å². The summed E-state index contributed by atoms with van der Waals surface area (Å²) in [5.41, 5.74) is 1.60. The molecule has 1 heterocycles. The first-order valence-corrected chi connectivity index (χ1v) is 8.34. The second-order valence-corrected chi connectivity index (χ2v) is 7.17. The van der Waals surface area contributed by atoms with Crippen LogP contribution in [0.3, 0.4) is 0 Å². The second-order valence-electron chi connectivity index (χ2n) is 4.95. The average Bonchev–Trinajstić information content (AvgIpc) is 2.88. The van der Waals surface area contributed by atoms with Crippen LogP contribution in [0.2, 0.25) is 5.02 Å². The highest BCUT2D eigenvalue weighted by Crippen LogP contribution is 2.30. The highest BCUT2D eigenvalue weighted by atomic mass is 35.5. The van der Waals surface area contributed by atoms with Crippen molar-refractivity contribution >= 4 is 38.8 Å². The van der Waals surface area contributed by atoms with Gasteiger partial charge >= 0.3 is 0 Å². The lowest BCUT2D eigenvalue weighted by Crippen LogP contribution is -2.11. The first-order chi connectivity index (χ1) is 10.4. The van der Waals surface area contributed by atoms with Crippen molar-refractivity contribution in [3.05, 3.63) is 64.8 Å². The lowest BCUT2D eigenvalue weighted by atomic mass is 10.2. The molecule has 0 fully saturated rings. The topological polar surface area (TPSA) is 56.1 Å². The standard InChI is InChI=1S/C16H12ClNO3S/c1-11-5-7-13(8-6-11)22(20,21)18-9-12(10-19)16-14(17)3-2-4-15(16)18/h2-10H,1H3. The van der Waals surface area contributed by atoms with Crippen molar-refractivity contribution in [1.82, 2.24) is 3.97 Å². The molecule has 112 valence electrons. The summed E-state index contributed by atoms with van der Waals surface area (Å²) in [6.45, 7) is 1.88. The molecule has 1 aromatic heterocycles. The van der Waals surface area contributed by atoms with Crippen molar-refractivity contribution in [3.8, 4) is 0 Å². The minimum Gasteiger partial charge on any atom is -0.298 e. The van der Waals surface area contributed by atoms with Crippen LogP contribution >= 0.6 is 11.6 Å². The van der Waals surface area contributed by atoms with Crippen LogP contribution in [0.5, 0.6) is 0 Å². The molecule has 3 aromatic rings. The minimum atomic E-state index is -3.79.